The minimum atomic E-state index is -0.376. The minimum absolute atomic E-state index is 0.115. The van der Waals surface area contributed by atoms with E-state index in [-0.39, 0.29) is 11.9 Å². The Morgan fingerprint density at radius 2 is 1.85 bits per heavy atom. The first-order valence-corrected chi connectivity index (χ1v) is 9.53. The number of amides is 1. The minimum Gasteiger partial charge on any atom is -0.497 e. The molecule has 0 bridgehead atoms. The van der Waals surface area contributed by atoms with Gasteiger partial charge >= 0.3 is 5.97 Å². The highest BCUT2D eigenvalue weighted by Crippen LogP contribution is 2.34. The predicted octanol–water partition coefficient (Wildman–Crippen LogP) is 4.38. The fraction of sp³-hybridized carbons (Fsp3) is 0.400. The largest absolute Gasteiger partial charge is 0.497 e. The van der Waals surface area contributed by atoms with E-state index in [9.17, 15) is 9.59 Å². The van der Waals surface area contributed by atoms with E-state index in [2.05, 4.69) is 5.32 Å². The third-order valence-corrected chi connectivity index (χ3v) is 5.16. The number of benzene rings is 1. The van der Waals surface area contributed by atoms with E-state index in [1.54, 1.807) is 14.0 Å². The molecule has 1 aromatic heterocycles. The van der Waals surface area contributed by atoms with Gasteiger partial charge in [-0.2, -0.15) is 0 Å². The van der Waals surface area contributed by atoms with E-state index in [0.29, 0.717) is 30.0 Å². The van der Waals surface area contributed by atoms with Gasteiger partial charge in [-0.3, -0.25) is 4.79 Å². The van der Waals surface area contributed by atoms with Crippen LogP contribution in [0.15, 0.2) is 24.3 Å². The molecule has 0 aliphatic heterocycles. The zero-order valence-electron chi connectivity index (χ0n) is 15.7. The summed E-state index contributed by atoms with van der Waals surface area (Å²) >= 11 is 1.43. The van der Waals surface area contributed by atoms with Gasteiger partial charge in [-0.15, -0.1) is 11.3 Å². The van der Waals surface area contributed by atoms with Gasteiger partial charge in [-0.1, -0.05) is 19.1 Å². The van der Waals surface area contributed by atoms with E-state index in [4.69, 9.17) is 9.47 Å². The Morgan fingerprint density at radius 1 is 1.15 bits per heavy atom. The molecule has 26 heavy (non-hydrogen) atoms. The average Bonchev–Trinajstić information content (AvgIpc) is 2.95. The zero-order chi connectivity index (χ0) is 19.1. The van der Waals surface area contributed by atoms with Crippen molar-refractivity contribution in [1.29, 1.82) is 0 Å². The third kappa shape index (κ3) is 4.85. The number of ether oxygens (including phenoxy) is 2. The molecule has 5 nitrogen and oxygen atoms in total. The number of nitrogens with one attached hydrogen (secondary N) is 1. The highest BCUT2D eigenvalue weighted by molar-refractivity contribution is 7.16. The maximum Gasteiger partial charge on any atom is 0.341 e. The van der Waals surface area contributed by atoms with Crippen molar-refractivity contribution in [2.45, 2.75) is 40.0 Å². The molecular formula is C20H25NO4S. The van der Waals surface area contributed by atoms with E-state index in [1.165, 1.54) is 11.3 Å². The summed E-state index contributed by atoms with van der Waals surface area (Å²) in [6.45, 7) is 6.03. The Kier molecular flexibility index (Phi) is 7.21. The quantitative estimate of drug-likeness (QED) is 0.696. The van der Waals surface area contributed by atoms with Gasteiger partial charge in [-0.25, -0.2) is 4.79 Å². The smallest absolute Gasteiger partial charge is 0.341 e. The maximum absolute atomic E-state index is 12.4. The van der Waals surface area contributed by atoms with Crippen LogP contribution in [0.2, 0.25) is 0 Å². The first kappa shape index (κ1) is 20.0. The van der Waals surface area contributed by atoms with Crippen molar-refractivity contribution < 1.29 is 19.1 Å². The molecule has 0 saturated heterocycles. The second-order valence-corrected chi connectivity index (χ2v) is 7.04. The van der Waals surface area contributed by atoms with E-state index in [0.717, 1.165) is 28.2 Å². The van der Waals surface area contributed by atoms with Crippen LogP contribution in [0, 0.1) is 6.92 Å². The topological polar surface area (TPSA) is 64.6 Å². The second-order valence-electron chi connectivity index (χ2n) is 5.81. The summed E-state index contributed by atoms with van der Waals surface area (Å²) in [6, 6.07) is 7.64. The number of anilines is 1. The van der Waals surface area contributed by atoms with Gasteiger partial charge in [0.1, 0.15) is 10.8 Å². The SMILES string of the molecule is CCOC(=O)c1c(NC(=O)CCc2ccc(OC)cc2)sc(C)c1CC. The van der Waals surface area contributed by atoms with Crippen LogP contribution in [0.5, 0.6) is 5.75 Å². The number of esters is 1. The van der Waals surface area contributed by atoms with Gasteiger partial charge in [0, 0.05) is 11.3 Å². The number of rotatable bonds is 8. The Balaban J connectivity index is 2.06. The van der Waals surface area contributed by atoms with Crippen molar-refractivity contribution in [2.75, 3.05) is 19.0 Å². The Hall–Kier alpha value is -2.34. The molecule has 1 amide bonds. The standard InChI is InChI=1S/C20H25NO4S/c1-5-16-13(3)26-19(18(16)20(23)25-6-2)21-17(22)12-9-14-7-10-15(24-4)11-8-14/h7-8,10-11H,5-6,9,12H2,1-4H3,(H,21,22). The molecule has 0 unspecified atom stereocenters. The number of hydrogen-bond acceptors (Lipinski definition) is 5. The molecule has 0 aliphatic carbocycles. The summed E-state index contributed by atoms with van der Waals surface area (Å²) in [7, 11) is 1.62. The van der Waals surface area contributed by atoms with Crippen LogP contribution >= 0.6 is 11.3 Å². The Morgan fingerprint density at radius 3 is 2.42 bits per heavy atom. The summed E-state index contributed by atoms with van der Waals surface area (Å²) in [4.78, 5) is 25.7. The molecule has 0 atom stereocenters. The molecule has 1 heterocycles. The molecule has 1 N–H and O–H groups in total. The number of methoxy groups -OCH3 is 1. The number of hydrogen-bond donors (Lipinski definition) is 1. The molecule has 6 heteroatoms. The molecule has 0 radical (unpaired) electrons. The first-order chi connectivity index (χ1) is 12.5. The van der Waals surface area contributed by atoms with Gasteiger partial charge in [0.25, 0.3) is 0 Å². The fourth-order valence-electron chi connectivity index (χ4n) is 2.75. The van der Waals surface area contributed by atoms with Crippen molar-refractivity contribution >= 4 is 28.2 Å². The van der Waals surface area contributed by atoms with Gasteiger partial charge in [0.05, 0.1) is 19.3 Å². The lowest BCUT2D eigenvalue weighted by molar-refractivity contribution is -0.116. The summed E-state index contributed by atoms with van der Waals surface area (Å²) in [5, 5.41) is 3.47. The van der Waals surface area contributed by atoms with Crippen LogP contribution in [0.3, 0.4) is 0 Å². The van der Waals surface area contributed by atoms with Gasteiger partial charge in [-0.05, 0) is 49.9 Å². The summed E-state index contributed by atoms with van der Waals surface area (Å²) in [6.07, 6.45) is 1.68. The normalized spacial score (nSPS) is 10.5. The highest BCUT2D eigenvalue weighted by atomic mass is 32.1. The molecule has 0 spiro atoms. The summed E-state index contributed by atoms with van der Waals surface area (Å²) in [5.41, 5.74) is 2.50. The lowest BCUT2D eigenvalue weighted by atomic mass is 10.1. The molecule has 0 saturated carbocycles. The van der Waals surface area contributed by atoms with Crippen LogP contribution in [0.25, 0.3) is 0 Å². The lowest BCUT2D eigenvalue weighted by Gasteiger charge is -2.08. The zero-order valence-corrected chi connectivity index (χ0v) is 16.5. The average molecular weight is 375 g/mol. The van der Waals surface area contributed by atoms with Crippen LogP contribution in [-0.2, 0) is 22.4 Å². The van der Waals surface area contributed by atoms with Gasteiger partial charge in [0.15, 0.2) is 0 Å². The highest BCUT2D eigenvalue weighted by Gasteiger charge is 2.23. The van der Waals surface area contributed by atoms with Crippen LogP contribution in [0.4, 0.5) is 5.00 Å². The Bertz CT molecular complexity index is 765. The molecule has 0 aliphatic rings. The van der Waals surface area contributed by atoms with Gasteiger partial charge < -0.3 is 14.8 Å². The monoisotopic (exact) mass is 375 g/mol. The first-order valence-electron chi connectivity index (χ1n) is 8.72. The predicted molar refractivity (Wildman–Crippen MR) is 104 cm³/mol. The molecule has 0 fully saturated rings. The van der Waals surface area contributed by atoms with Crippen LogP contribution in [-0.4, -0.2) is 25.6 Å². The number of carbonyl (C=O) groups excluding carboxylic acids is 2. The van der Waals surface area contributed by atoms with E-state index in [1.807, 2.05) is 38.1 Å². The van der Waals surface area contributed by atoms with Crippen molar-refractivity contribution in [2.24, 2.45) is 0 Å². The summed E-state index contributed by atoms with van der Waals surface area (Å²) in [5.74, 6) is 0.299. The number of thiophene rings is 1. The van der Waals surface area contributed by atoms with Crippen molar-refractivity contribution in [1.82, 2.24) is 0 Å². The summed E-state index contributed by atoms with van der Waals surface area (Å²) < 4.78 is 10.3. The van der Waals surface area contributed by atoms with Crippen LogP contribution < -0.4 is 10.1 Å². The third-order valence-electron chi connectivity index (χ3n) is 4.09. The number of carbonyl (C=O) groups is 2. The molecule has 140 valence electrons. The van der Waals surface area contributed by atoms with Crippen molar-refractivity contribution in [3.05, 3.63) is 45.8 Å². The van der Waals surface area contributed by atoms with E-state index >= 15 is 0 Å². The van der Waals surface area contributed by atoms with Crippen molar-refractivity contribution in [3.63, 3.8) is 0 Å². The lowest BCUT2D eigenvalue weighted by Crippen LogP contribution is -2.15. The molecule has 2 rings (SSSR count). The molecular weight excluding hydrogens is 350 g/mol. The number of aryl methyl sites for hydroxylation is 2. The molecule has 2 aromatic rings. The maximum atomic E-state index is 12.4. The Labute approximate surface area is 158 Å². The molecule has 1 aromatic carbocycles. The second kappa shape index (κ2) is 9.38. The van der Waals surface area contributed by atoms with Crippen molar-refractivity contribution in [3.8, 4) is 5.75 Å². The fourth-order valence-corrected chi connectivity index (χ4v) is 3.90. The van der Waals surface area contributed by atoms with E-state index < -0.39 is 0 Å². The van der Waals surface area contributed by atoms with Gasteiger partial charge in [0.2, 0.25) is 5.91 Å². The van der Waals surface area contributed by atoms with Crippen LogP contribution in [0.1, 0.15) is 46.6 Å².